The Morgan fingerprint density at radius 2 is 1.62 bits per heavy atom. The molecule has 0 heterocycles. The van der Waals surface area contributed by atoms with Crippen LogP contribution >= 0.6 is 0 Å². The molecule has 1 N–H and O–H groups in total. The molecule has 0 spiro atoms. The first-order chi connectivity index (χ1) is 10.2. The van der Waals surface area contributed by atoms with Crippen molar-refractivity contribution in [3.05, 3.63) is 59.2 Å². The van der Waals surface area contributed by atoms with Crippen LogP contribution in [0.15, 0.2) is 42.5 Å². The molecule has 112 valence electrons. The van der Waals surface area contributed by atoms with Gasteiger partial charge in [0.2, 0.25) is 0 Å². The van der Waals surface area contributed by atoms with E-state index in [4.69, 9.17) is 9.47 Å². The van der Waals surface area contributed by atoms with Crippen molar-refractivity contribution < 1.29 is 9.47 Å². The van der Waals surface area contributed by atoms with Crippen molar-refractivity contribution in [3.63, 3.8) is 0 Å². The maximum absolute atomic E-state index is 5.38. The minimum atomic E-state index is 0.125. The Morgan fingerprint density at radius 1 is 1.00 bits per heavy atom. The molecule has 2 aromatic carbocycles. The first-order valence-electron chi connectivity index (χ1n) is 7.21. The van der Waals surface area contributed by atoms with Crippen LogP contribution in [0.4, 0.5) is 0 Å². The van der Waals surface area contributed by atoms with Crippen molar-refractivity contribution in [1.29, 1.82) is 0 Å². The van der Waals surface area contributed by atoms with Gasteiger partial charge in [0, 0.05) is 6.07 Å². The Hall–Kier alpha value is -2.00. The van der Waals surface area contributed by atoms with Gasteiger partial charge in [-0.1, -0.05) is 31.2 Å². The van der Waals surface area contributed by atoms with E-state index in [2.05, 4.69) is 55.6 Å². The van der Waals surface area contributed by atoms with Gasteiger partial charge >= 0.3 is 0 Å². The molecule has 3 nitrogen and oxygen atoms in total. The number of nitrogens with one attached hydrogen (secondary N) is 1. The standard InChI is InChI=1S/C18H23NO2/c1-5-19-18(17-9-7-6-8-13(17)2)14-10-15(20-3)12-16(11-14)21-4/h6-12,18-19H,5H2,1-4H3. The Morgan fingerprint density at radius 3 is 2.14 bits per heavy atom. The predicted molar refractivity (Wildman–Crippen MR) is 86.2 cm³/mol. The van der Waals surface area contributed by atoms with E-state index >= 15 is 0 Å². The highest BCUT2D eigenvalue weighted by Gasteiger charge is 2.16. The summed E-state index contributed by atoms with van der Waals surface area (Å²) in [5, 5.41) is 3.55. The van der Waals surface area contributed by atoms with Crippen molar-refractivity contribution in [2.45, 2.75) is 19.9 Å². The molecule has 0 saturated heterocycles. The molecule has 3 heteroatoms. The van der Waals surface area contributed by atoms with E-state index in [0.29, 0.717) is 0 Å². The number of aryl methyl sites for hydroxylation is 1. The van der Waals surface area contributed by atoms with Crippen LogP contribution in [0.2, 0.25) is 0 Å². The molecule has 0 bridgehead atoms. The van der Waals surface area contributed by atoms with E-state index in [0.717, 1.165) is 23.6 Å². The molecule has 0 aliphatic carbocycles. The monoisotopic (exact) mass is 285 g/mol. The zero-order chi connectivity index (χ0) is 15.2. The summed E-state index contributed by atoms with van der Waals surface area (Å²) in [6.45, 7) is 5.14. The second-order valence-corrected chi connectivity index (χ2v) is 4.99. The van der Waals surface area contributed by atoms with Crippen molar-refractivity contribution >= 4 is 0 Å². The van der Waals surface area contributed by atoms with Gasteiger partial charge in [0.1, 0.15) is 11.5 Å². The van der Waals surface area contributed by atoms with Gasteiger partial charge < -0.3 is 14.8 Å². The van der Waals surface area contributed by atoms with Crippen molar-refractivity contribution in [2.75, 3.05) is 20.8 Å². The van der Waals surface area contributed by atoms with Gasteiger partial charge in [0.05, 0.1) is 20.3 Å². The fourth-order valence-electron chi connectivity index (χ4n) is 2.52. The Bertz CT molecular complexity index is 573. The van der Waals surface area contributed by atoms with Crippen LogP contribution in [0.5, 0.6) is 11.5 Å². The van der Waals surface area contributed by atoms with Crippen LogP contribution in [0.25, 0.3) is 0 Å². The van der Waals surface area contributed by atoms with Crippen LogP contribution < -0.4 is 14.8 Å². The average Bonchev–Trinajstić information content (AvgIpc) is 2.53. The number of ether oxygens (including phenoxy) is 2. The molecule has 0 saturated carbocycles. The van der Waals surface area contributed by atoms with Crippen molar-refractivity contribution in [1.82, 2.24) is 5.32 Å². The second-order valence-electron chi connectivity index (χ2n) is 4.99. The molecular weight excluding hydrogens is 262 g/mol. The summed E-state index contributed by atoms with van der Waals surface area (Å²) in [5.41, 5.74) is 3.68. The molecule has 2 rings (SSSR count). The molecule has 1 atom stereocenters. The molecule has 0 amide bonds. The highest BCUT2D eigenvalue weighted by molar-refractivity contribution is 5.44. The number of hydrogen-bond donors (Lipinski definition) is 1. The Kier molecular flexibility index (Phi) is 5.23. The summed E-state index contributed by atoms with van der Waals surface area (Å²) < 4.78 is 10.8. The summed E-state index contributed by atoms with van der Waals surface area (Å²) in [7, 11) is 3.35. The van der Waals surface area contributed by atoms with Crippen LogP contribution in [-0.2, 0) is 0 Å². The molecule has 0 fully saturated rings. The fraction of sp³-hybridized carbons (Fsp3) is 0.333. The molecular formula is C18H23NO2. The highest BCUT2D eigenvalue weighted by Crippen LogP contribution is 2.31. The zero-order valence-electron chi connectivity index (χ0n) is 13.1. The summed E-state index contributed by atoms with van der Waals surface area (Å²) in [6, 6.07) is 14.6. The van der Waals surface area contributed by atoms with Crippen LogP contribution in [0.3, 0.4) is 0 Å². The number of benzene rings is 2. The lowest BCUT2D eigenvalue weighted by Gasteiger charge is -2.22. The second kappa shape index (κ2) is 7.14. The third-order valence-corrected chi connectivity index (χ3v) is 3.61. The van der Waals surface area contributed by atoms with Gasteiger partial charge in [-0.2, -0.15) is 0 Å². The lowest BCUT2D eigenvalue weighted by atomic mass is 9.94. The molecule has 0 aliphatic heterocycles. The maximum Gasteiger partial charge on any atom is 0.122 e. The normalized spacial score (nSPS) is 12.0. The van der Waals surface area contributed by atoms with Gasteiger partial charge in [-0.05, 0) is 42.3 Å². The number of methoxy groups -OCH3 is 2. The topological polar surface area (TPSA) is 30.5 Å². The van der Waals surface area contributed by atoms with E-state index in [-0.39, 0.29) is 6.04 Å². The van der Waals surface area contributed by atoms with E-state index in [1.807, 2.05) is 6.07 Å². The average molecular weight is 285 g/mol. The summed E-state index contributed by atoms with van der Waals surface area (Å²) in [5.74, 6) is 1.61. The number of rotatable bonds is 6. The van der Waals surface area contributed by atoms with Gasteiger partial charge in [0.15, 0.2) is 0 Å². The van der Waals surface area contributed by atoms with Crippen LogP contribution in [0.1, 0.15) is 29.7 Å². The van der Waals surface area contributed by atoms with E-state index in [1.54, 1.807) is 14.2 Å². The van der Waals surface area contributed by atoms with Gasteiger partial charge in [0.25, 0.3) is 0 Å². The highest BCUT2D eigenvalue weighted by atomic mass is 16.5. The molecule has 1 unspecified atom stereocenters. The first-order valence-corrected chi connectivity index (χ1v) is 7.21. The summed E-state index contributed by atoms with van der Waals surface area (Å²) in [4.78, 5) is 0. The van der Waals surface area contributed by atoms with E-state index < -0.39 is 0 Å². The third kappa shape index (κ3) is 3.56. The Labute approximate surface area is 126 Å². The zero-order valence-corrected chi connectivity index (χ0v) is 13.1. The van der Waals surface area contributed by atoms with Gasteiger partial charge in [-0.3, -0.25) is 0 Å². The van der Waals surface area contributed by atoms with Crippen molar-refractivity contribution in [3.8, 4) is 11.5 Å². The summed E-state index contributed by atoms with van der Waals surface area (Å²) >= 11 is 0. The summed E-state index contributed by atoms with van der Waals surface area (Å²) in [6.07, 6.45) is 0. The van der Waals surface area contributed by atoms with Crippen LogP contribution in [0, 0.1) is 6.92 Å². The molecule has 21 heavy (non-hydrogen) atoms. The molecule has 0 aromatic heterocycles. The molecule has 0 aliphatic rings. The minimum absolute atomic E-state index is 0.125. The SMILES string of the molecule is CCNC(c1cc(OC)cc(OC)c1)c1ccccc1C. The van der Waals surface area contributed by atoms with E-state index in [9.17, 15) is 0 Å². The quantitative estimate of drug-likeness (QED) is 0.877. The number of hydrogen-bond acceptors (Lipinski definition) is 3. The molecule has 0 radical (unpaired) electrons. The third-order valence-electron chi connectivity index (χ3n) is 3.61. The van der Waals surface area contributed by atoms with Gasteiger partial charge in [-0.15, -0.1) is 0 Å². The predicted octanol–water partition coefficient (Wildman–Crippen LogP) is 3.71. The largest absolute Gasteiger partial charge is 0.497 e. The lowest BCUT2D eigenvalue weighted by molar-refractivity contribution is 0.392. The van der Waals surface area contributed by atoms with Crippen LogP contribution in [-0.4, -0.2) is 20.8 Å². The maximum atomic E-state index is 5.38. The molecule has 2 aromatic rings. The Balaban J connectivity index is 2.50. The minimum Gasteiger partial charge on any atom is -0.497 e. The lowest BCUT2D eigenvalue weighted by Crippen LogP contribution is -2.22. The fourth-order valence-corrected chi connectivity index (χ4v) is 2.52. The van der Waals surface area contributed by atoms with Crippen molar-refractivity contribution in [2.24, 2.45) is 0 Å². The van der Waals surface area contributed by atoms with E-state index in [1.165, 1.54) is 11.1 Å². The smallest absolute Gasteiger partial charge is 0.122 e. The first kappa shape index (κ1) is 15.4. The van der Waals surface area contributed by atoms with Gasteiger partial charge in [-0.25, -0.2) is 0 Å².